The van der Waals surface area contributed by atoms with Crippen LogP contribution in [0.2, 0.25) is 0 Å². The Labute approximate surface area is 44.2 Å². The molecule has 0 fully saturated rings. The van der Waals surface area contributed by atoms with Gasteiger partial charge in [-0.3, -0.25) is 0 Å². The Balaban J connectivity index is 0. The number of aldehydes is 1. The molecule has 0 rings (SSSR count). The van der Waals surface area contributed by atoms with Crippen LogP contribution in [0.4, 0.5) is 0 Å². The molecule has 0 aromatic heterocycles. The summed E-state index contributed by atoms with van der Waals surface area (Å²) >= 11 is 0. The van der Waals surface area contributed by atoms with Crippen LogP contribution in [0, 0.1) is 5.92 Å². The Hall–Kier alpha value is -0.370. The minimum atomic E-state index is 0.204. The molecule has 2 heteroatoms. The van der Waals surface area contributed by atoms with E-state index in [0.29, 0.717) is 0 Å². The summed E-state index contributed by atoms with van der Waals surface area (Å²) in [6.07, 6.45) is 0.917. The van der Waals surface area contributed by atoms with Crippen molar-refractivity contribution in [2.24, 2.45) is 5.92 Å². The maximum absolute atomic E-state index is 9.50. The largest absolute Gasteiger partial charge is 0.400 e. The molecule has 0 aliphatic rings. The van der Waals surface area contributed by atoms with Crippen LogP contribution in [-0.2, 0) is 4.79 Å². The van der Waals surface area contributed by atoms with Crippen LogP contribution in [0.1, 0.15) is 13.8 Å². The van der Waals surface area contributed by atoms with Gasteiger partial charge in [-0.2, -0.15) is 0 Å². The highest BCUT2D eigenvalue weighted by molar-refractivity contribution is 5.51. The fourth-order valence-corrected chi connectivity index (χ4v) is 0. The highest BCUT2D eigenvalue weighted by Gasteiger charge is 1.79. The molecule has 0 bridgehead atoms. The lowest BCUT2D eigenvalue weighted by Crippen LogP contribution is -1.82. The summed E-state index contributed by atoms with van der Waals surface area (Å²) < 4.78 is 0. The van der Waals surface area contributed by atoms with Gasteiger partial charge in [-0.25, -0.2) is 0 Å². The quantitative estimate of drug-likeness (QED) is 0.490. The second-order valence-electron chi connectivity index (χ2n) is 1.38. The minimum Gasteiger partial charge on any atom is -0.400 e. The summed E-state index contributed by atoms with van der Waals surface area (Å²) in [6, 6.07) is 0. The summed E-state index contributed by atoms with van der Waals surface area (Å²) in [5.74, 6) is 0.204. The molecule has 2 nitrogen and oxygen atoms in total. The Morgan fingerprint density at radius 1 is 1.43 bits per heavy atom. The van der Waals surface area contributed by atoms with E-state index >= 15 is 0 Å². The van der Waals surface area contributed by atoms with E-state index in [2.05, 4.69) is 0 Å². The van der Waals surface area contributed by atoms with Crippen LogP contribution in [0.15, 0.2) is 0 Å². The van der Waals surface area contributed by atoms with E-state index in [9.17, 15) is 4.79 Å². The average molecular weight is 104 g/mol. The molecule has 44 valence electrons. The number of hydrogen-bond acceptors (Lipinski definition) is 2. The zero-order chi connectivity index (χ0) is 6.28. The van der Waals surface area contributed by atoms with Crippen molar-refractivity contribution in [3.8, 4) is 0 Å². The molecule has 0 saturated heterocycles. The van der Waals surface area contributed by atoms with E-state index in [1.807, 2.05) is 13.8 Å². The molecule has 0 aromatic carbocycles. The average Bonchev–Trinajstić information content (AvgIpc) is 1.73. The number of rotatable bonds is 1. The Morgan fingerprint density at radius 3 is 1.57 bits per heavy atom. The van der Waals surface area contributed by atoms with Gasteiger partial charge in [0.25, 0.3) is 0 Å². The summed E-state index contributed by atoms with van der Waals surface area (Å²) in [4.78, 5) is 9.50. The minimum absolute atomic E-state index is 0.204. The van der Waals surface area contributed by atoms with Gasteiger partial charge in [0.1, 0.15) is 6.29 Å². The summed E-state index contributed by atoms with van der Waals surface area (Å²) in [7, 11) is 1.00. The number of aliphatic hydroxyl groups is 1. The molecule has 1 N–H and O–H groups in total. The van der Waals surface area contributed by atoms with Gasteiger partial charge in [-0.1, -0.05) is 13.8 Å². The monoisotopic (exact) mass is 104 g/mol. The van der Waals surface area contributed by atoms with Gasteiger partial charge in [-0.05, 0) is 0 Å². The van der Waals surface area contributed by atoms with Crippen LogP contribution < -0.4 is 0 Å². The third-order valence-corrected chi connectivity index (χ3v) is 0.272. The number of aliphatic hydroxyl groups excluding tert-OH is 1. The van der Waals surface area contributed by atoms with Crippen molar-refractivity contribution in [2.45, 2.75) is 13.8 Å². The zero-order valence-electron chi connectivity index (χ0n) is 5.01. The first kappa shape index (κ1) is 9.80. The van der Waals surface area contributed by atoms with Crippen molar-refractivity contribution in [1.29, 1.82) is 0 Å². The van der Waals surface area contributed by atoms with E-state index in [4.69, 9.17) is 5.11 Å². The number of carbonyl (C=O) groups excluding carboxylic acids is 1. The summed E-state index contributed by atoms with van der Waals surface area (Å²) in [5, 5.41) is 7.00. The molecule has 0 amide bonds. The SMILES string of the molecule is CC(C)C=O.CO. The Morgan fingerprint density at radius 2 is 1.57 bits per heavy atom. The van der Waals surface area contributed by atoms with Gasteiger partial charge >= 0.3 is 0 Å². The van der Waals surface area contributed by atoms with Gasteiger partial charge in [0, 0.05) is 13.0 Å². The normalized spacial score (nSPS) is 7.00. The van der Waals surface area contributed by atoms with Gasteiger partial charge < -0.3 is 9.90 Å². The Kier molecular flexibility index (Phi) is 12.8. The van der Waals surface area contributed by atoms with Crippen LogP contribution in [-0.4, -0.2) is 18.5 Å². The lowest BCUT2D eigenvalue weighted by atomic mass is 10.3. The molecule has 0 aliphatic carbocycles. The highest BCUT2D eigenvalue weighted by atomic mass is 16.2. The van der Waals surface area contributed by atoms with E-state index in [1.54, 1.807) is 0 Å². The molecular weight excluding hydrogens is 92.1 g/mol. The molecule has 0 radical (unpaired) electrons. The van der Waals surface area contributed by atoms with Crippen molar-refractivity contribution < 1.29 is 9.90 Å². The smallest absolute Gasteiger partial charge is 0.122 e. The lowest BCUT2D eigenvalue weighted by molar-refractivity contribution is -0.110. The summed E-state index contributed by atoms with van der Waals surface area (Å²) in [6.45, 7) is 3.71. The first-order valence-corrected chi connectivity index (χ1v) is 2.17. The topological polar surface area (TPSA) is 37.3 Å². The maximum Gasteiger partial charge on any atom is 0.122 e. The molecule has 0 aliphatic heterocycles. The van der Waals surface area contributed by atoms with Crippen LogP contribution >= 0.6 is 0 Å². The lowest BCUT2D eigenvalue weighted by Gasteiger charge is -1.78. The fraction of sp³-hybridized carbons (Fsp3) is 0.800. The van der Waals surface area contributed by atoms with Gasteiger partial charge in [0.15, 0.2) is 0 Å². The Bertz CT molecular complexity index is 33.1. The van der Waals surface area contributed by atoms with Crippen molar-refractivity contribution in [3.63, 3.8) is 0 Å². The van der Waals surface area contributed by atoms with Crippen molar-refractivity contribution in [2.75, 3.05) is 7.11 Å². The first-order chi connectivity index (χ1) is 3.27. The van der Waals surface area contributed by atoms with E-state index in [0.717, 1.165) is 13.4 Å². The van der Waals surface area contributed by atoms with E-state index < -0.39 is 0 Å². The van der Waals surface area contributed by atoms with Crippen LogP contribution in [0.5, 0.6) is 0 Å². The molecular formula is C5H12O2. The van der Waals surface area contributed by atoms with Crippen LogP contribution in [0.3, 0.4) is 0 Å². The molecule has 0 unspecified atom stereocenters. The van der Waals surface area contributed by atoms with Crippen molar-refractivity contribution >= 4 is 6.29 Å². The zero-order valence-corrected chi connectivity index (χ0v) is 5.01. The van der Waals surface area contributed by atoms with Gasteiger partial charge in [-0.15, -0.1) is 0 Å². The maximum atomic E-state index is 9.50. The molecule has 7 heavy (non-hydrogen) atoms. The second-order valence-corrected chi connectivity index (χ2v) is 1.38. The summed E-state index contributed by atoms with van der Waals surface area (Å²) in [5.41, 5.74) is 0. The van der Waals surface area contributed by atoms with E-state index in [-0.39, 0.29) is 5.92 Å². The highest BCUT2D eigenvalue weighted by Crippen LogP contribution is 1.78. The number of carbonyl (C=O) groups is 1. The van der Waals surface area contributed by atoms with Crippen molar-refractivity contribution in [3.05, 3.63) is 0 Å². The predicted molar refractivity (Wildman–Crippen MR) is 29.0 cm³/mol. The van der Waals surface area contributed by atoms with E-state index in [1.165, 1.54) is 0 Å². The van der Waals surface area contributed by atoms with Crippen molar-refractivity contribution in [1.82, 2.24) is 0 Å². The fourth-order valence-electron chi connectivity index (χ4n) is 0. The molecule has 0 heterocycles. The number of hydrogen-bond donors (Lipinski definition) is 1. The van der Waals surface area contributed by atoms with Crippen LogP contribution in [0.25, 0.3) is 0 Å². The first-order valence-electron chi connectivity index (χ1n) is 2.17. The predicted octanol–water partition coefficient (Wildman–Crippen LogP) is 0.450. The standard InChI is InChI=1S/C4H8O.CH4O/c1-4(2)3-5;1-2/h3-4H,1-2H3;2H,1H3. The second kappa shape index (κ2) is 9.16. The molecule has 0 aromatic rings. The molecule has 0 spiro atoms. The van der Waals surface area contributed by atoms with Gasteiger partial charge in [0.05, 0.1) is 0 Å². The third-order valence-electron chi connectivity index (χ3n) is 0.272. The molecule has 0 atom stereocenters. The molecule has 0 saturated carbocycles. The third kappa shape index (κ3) is 27.9. The van der Waals surface area contributed by atoms with Gasteiger partial charge in [0.2, 0.25) is 0 Å².